The highest BCUT2D eigenvalue weighted by atomic mass is 16.3. The van der Waals surface area contributed by atoms with Gasteiger partial charge in [0.25, 0.3) is 5.91 Å². The molecular formula is C21H20N2O2. The van der Waals surface area contributed by atoms with Crippen molar-refractivity contribution in [3.05, 3.63) is 83.9 Å². The van der Waals surface area contributed by atoms with Gasteiger partial charge in [0.2, 0.25) is 0 Å². The van der Waals surface area contributed by atoms with Gasteiger partial charge in [-0.25, -0.2) is 0 Å². The molecule has 0 aliphatic heterocycles. The molecule has 25 heavy (non-hydrogen) atoms. The van der Waals surface area contributed by atoms with Crippen molar-refractivity contribution in [3.63, 3.8) is 0 Å². The lowest BCUT2D eigenvalue weighted by Crippen LogP contribution is -2.13. The molecule has 3 aromatic carbocycles. The van der Waals surface area contributed by atoms with Crippen LogP contribution in [0.15, 0.2) is 72.8 Å². The van der Waals surface area contributed by atoms with Crippen LogP contribution in [0.5, 0.6) is 5.75 Å². The van der Waals surface area contributed by atoms with Crippen molar-refractivity contribution >= 4 is 11.6 Å². The van der Waals surface area contributed by atoms with Gasteiger partial charge in [-0.2, -0.15) is 0 Å². The first kappa shape index (κ1) is 16.7. The van der Waals surface area contributed by atoms with Crippen LogP contribution < -0.4 is 10.6 Å². The molecular weight excluding hydrogens is 312 g/mol. The van der Waals surface area contributed by atoms with Crippen LogP contribution in [0, 0.1) is 0 Å². The minimum absolute atomic E-state index is 0.119. The molecule has 3 aromatic rings. The number of nitrogens with one attached hydrogen (secondary N) is 2. The third-order valence-electron chi connectivity index (χ3n) is 3.92. The summed E-state index contributed by atoms with van der Waals surface area (Å²) in [5.74, 6) is -0.0873. The maximum atomic E-state index is 12.5. The first-order valence-electron chi connectivity index (χ1n) is 8.10. The van der Waals surface area contributed by atoms with E-state index in [1.807, 2.05) is 43.4 Å². The zero-order valence-electron chi connectivity index (χ0n) is 14.0. The molecule has 0 saturated heterocycles. The van der Waals surface area contributed by atoms with Gasteiger partial charge >= 0.3 is 0 Å². The van der Waals surface area contributed by atoms with Crippen LogP contribution in [-0.2, 0) is 6.54 Å². The lowest BCUT2D eigenvalue weighted by molar-refractivity contribution is 0.102. The summed E-state index contributed by atoms with van der Waals surface area (Å²) in [6, 6.07) is 22.3. The summed E-state index contributed by atoms with van der Waals surface area (Å²) in [4.78, 5) is 12.5. The molecule has 0 atom stereocenters. The first-order chi connectivity index (χ1) is 12.2. The summed E-state index contributed by atoms with van der Waals surface area (Å²) in [5.41, 5.74) is 4.41. The smallest absolute Gasteiger partial charge is 0.255 e. The summed E-state index contributed by atoms with van der Waals surface area (Å²) < 4.78 is 0. The molecule has 0 bridgehead atoms. The Labute approximate surface area is 147 Å². The van der Waals surface area contributed by atoms with Crippen molar-refractivity contribution in [2.45, 2.75) is 6.54 Å². The van der Waals surface area contributed by atoms with Gasteiger partial charge in [-0.15, -0.1) is 0 Å². The maximum absolute atomic E-state index is 12.5. The molecule has 0 aliphatic carbocycles. The van der Waals surface area contributed by atoms with Crippen molar-refractivity contribution in [2.75, 3.05) is 12.4 Å². The second-order valence-electron chi connectivity index (χ2n) is 5.77. The van der Waals surface area contributed by atoms with Crippen LogP contribution in [-0.4, -0.2) is 18.1 Å². The van der Waals surface area contributed by atoms with Crippen LogP contribution in [0.2, 0.25) is 0 Å². The van der Waals surface area contributed by atoms with Gasteiger partial charge in [0.05, 0.1) is 0 Å². The molecule has 0 aliphatic rings. The molecule has 0 aromatic heterocycles. The standard InChI is InChI=1S/C21H20N2O2/c1-22-14-17-12-16(10-11-20(17)15-6-3-2-4-7-15)21(25)23-18-8-5-9-19(24)13-18/h2-13,22,24H,14H2,1H3,(H,23,25). The Morgan fingerprint density at radius 3 is 2.48 bits per heavy atom. The van der Waals surface area contributed by atoms with E-state index < -0.39 is 0 Å². The Balaban J connectivity index is 1.89. The van der Waals surface area contributed by atoms with Gasteiger partial charge in [-0.1, -0.05) is 42.5 Å². The minimum atomic E-state index is -0.206. The van der Waals surface area contributed by atoms with Crippen molar-refractivity contribution in [1.29, 1.82) is 0 Å². The first-order valence-corrected chi connectivity index (χ1v) is 8.10. The fourth-order valence-corrected chi connectivity index (χ4v) is 2.76. The number of hydrogen-bond acceptors (Lipinski definition) is 3. The number of carbonyl (C=O) groups excluding carboxylic acids is 1. The number of anilines is 1. The summed E-state index contributed by atoms with van der Waals surface area (Å²) in [5, 5.41) is 15.5. The molecule has 126 valence electrons. The maximum Gasteiger partial charge on any atom is 0.255 e. The number of rotatable bonds is 5. The van der Waals surface area contributed by atoms with E-state index in [0.29, 0.717) is 17.8 Å². The Bertz CT molecular complexity index is 876. The predicted octanol–water partition coefficient (Wildman–Crippen LogP) is 4.03. The molecule has 4 heteroatoms. The number of amides is 1. The van der Waals surface area contributed by atoms with Gasteiger partial charge in [0, 0.05) is 23.9 Å². The largest absolute Gasteiger partial charge is 0.508 e. The fourth-order valence-electron chi connectivity index (χ4n) is 2.76. The van der Waals surface area contributed by atoms with E-state index in [4.69, 9.17) is 0 Å². The second kappa shape index (κ2) is 7.64. The number of carbonyl (C=O) groups is 1. The summed E-state index contributed by atoms with van der Waals surface area (Å²) in [7, 11) is 1.88. The van der Waals surface area contributed by atoms with Crippen molar-refractivity contribution in [2.24, 2.45) is 0 Å². The van der Waals surface area contributed by atoms with Gasteiger partial charge in [-0.3, -0.25) is 4.79 Å². The van der Waals surface area contributed by atoms with E-state index in [-0.39, 0.29) is 11.7 Å². The van der Waals surface area contributed by atoms with Crippen molar-refractivity contribution in [1.82, 2.24) is 5.32 Å². The van der Waals surface area contributed by atoms with Gasteiger partial charge in [0.15, 0.2) is 0 Å². The summed E-state index contributed by atoms with van der Waals surface area (Å²) in [6.07, 6.45) is 0. The molecule has 0 radical (unpaired) electrons. The number of benzene rings is 3. The predicted molar refractivity (Wildman–Crippen MR) is 101 cm³/mol. The fraction of sp³-hybridized carbons (Fsp3) is 0.0952. The van der Waals surface area contributed by atoms with Crippen LogP contribution in [0.1, 0.15) is 15.9 Å². The molecule has 3 rings (SSSR count). The normalized spacial score (nSPS) is 10.4. The molecule has 3 N–H and O–H groups in total. The monoisotopic (exact) mass is 332 g/mol. The topological polar surface area (TPSA) is 61.4 Å². The van der Waals surface area contributed by atoms with Crippen LogP contribution >= 0.6 is 0 Å². The van der Waals surface area contributed by atoms with Crippen LogP contribution in [0.3, 0.4) is 0 Å². The van der Waals surface area contributed by atoms with Gasteiger partial charge in [0.1, 0.15) is 5.75 Å². The summed E-state index contributed by atoms with van der Waals surface area (Å²) >= 11 is 0. The second-order valence-corrected chi connectivity index (χ2v) is 5.77. The SMILES string of the molecule is CNCc1cc(C(=O)Nc2cccc(O)c2)ccc1-c1ccccc1. The zero-order valence-corrected chi connectivity index (χ0v) is 14.0. The number of phenols is 1. The van der Waals surface area contributed by atoms with E-state index in [2.05, 4.69) is 22.8 Å². The highest BCUT2D eigenvalue weighted by molar-refractivity contribution is 6.04. The molecule has 1 amide bonds. The third-order valence-corrected chi connectivity index (χ3v) is 3.92. The van der Waals surface area contributed by atoms with Gasteiger partial charge in [-0.05, 0) is 48.0 Å². The van der Waals surface area contributed by atoms with E-state index in [9.17, 15) is 9.90 Å². The number of hydrogen-bond donors (Lipinski definition) is 3. The Morgan fingerprint density at radius 1 is 0.960 bits per heavy atom. The molecule has 0 saturated carbocycles. The van der Waals surface area contributed by atoms with E-state index in [0.717, 1.165) is 16.7 Å². The van der Waals surface area contributed by atoms with E-state index >= 15 is 0 Å². The van der Waals surface area contributed by atoms with E-state index in [1.165, 1.54) is 6.07 Å². The number of aromatic hydroxyl groups is 1. The van der Waals surface area contributed by atoms with Crippen molar-refractivity contribution in [3.8, 4) is 16.9 Å². The molecule has 0 heterocycles. The number of phenolic OH excluding ortho intramolecular Hbond substituents is 1. The Morgan fingerprint density at radius 2 is 1.76 bits per heavy atom. The highest BCUT2D eigenvalue weighted by Gasteiger charge is 2.11. The average Bonchev–Trinajstić information content (AvgIpc) is 2.63. The zero-order chi connectivity index (χ0) is 17.6. The molecule has 0 unspecified atom stereocenters. The lowest BCUT2D eigenvalue weighted by Gasteiger charge is -2.12. The van der Waals surface area contributed by atoms with Crippen LogP contribution in [0.25, 0.3) is 11.1 Å². The van der Waals surface area contributed by atoms with Crippen molar-refractivity contribution < 1.29 is 9.90 Å². The lowest BCUT2D eigenvalue weighted by atomic mass is 9.97. The Kier molecular flexibility index (Phi) is 5.11. The summed E-state index contributed by atoms with van der Waals surface area (Å²) in [6.45, 7) is 0.664. The van der Waals surface area contributed by atoms with Gasteiger partial charge < -0.3 is 15.7 Å². The van der Waals surface area contributed by atoms with Crippen LogP contribution in [0.4, 0.5) is 5.69 Å². The third kappa shape index (κ3) is 4.05. The molecule has 0 fully saturated rings. The molecule has 4 nitrogen and oxygen atoms in total. The quantitative estimate of drug-likeness (QED) is 0.661. The average molecular weight is 332 g/mol. The Hall–Kier alpha value is -3.11. The highest BCUT2D eigenvalue weighted by Crippen LogP contribution is 2.25. The minimum Gasteiger partial charge on any atom is -0.508 e. The molecule has 0 spiro atoms. The van der Waals surface area contributed by atoms with E-state index in [1.54, 1.807) is 18.2 Å².